The Bertz CT molecular complexity index is 1890. The van der Waals surface area contributed by atoms with Gasteiger partial charge in [0.15, 0.2) is 5.82 Å². The van der Waals surface area contributed by atoms with Crippen molar-refractivity contribution < 1.29 is 0 Å². The average Bonchev–Trinajstić information content (AvgIpc) is 3.53. The maximum absolute atomic E-state index is 12.5. The number of likely N-dealkylation sites (tertiary alicyclic amines) is 1. The normalized spacial score (nSPS) is 14.4. The van der Waals surface area contributed by atoms with Gasteiger partial charge in [-0.1, -0.05) is 66.2 Å². The Labute approximate surface area is 247 Å². The number of piperidine rings is 1. The number of aromatic nitrogens is 6. The fourth-order valence-electron chi connectivity index (χ4n) is 5.65. The molecule has 4 aromatic heterocycles. The molecule has 0 bridgehead atoms. The number of nitrogens with zero attached hydrogens (tertiary/aromatic N) is 5. The quantitative estimate of drug-likeness (QED) is 0.221. The Morgan fingerprint density at radius 1 is 0.881 bits per heavy atom. The predicted molar refractivity (Wildman–Crippen MR) is 165 cm³/mol. The van der Waals surface area contributed by atoms with Crippen molar-refractivity contribution in [3.63, 3.8) is 0 Å². The zero-order valence-electron chi connectivity index (χ0n) is 22.8. The number of rotatable bonds is 6. The van der Waals surface area contributed by atoms with E-state index in [2.05, 4.69) is 61.5 Å². The van der Waals surface area contributed by atoms with Gasteiger partial charge in [0.25, 0.3) is 5.56 Å². The third-order valence-corrected chi connectivity index (χ3v) is 8.16. The number of hydrogen-bond donors (Lipinski definition) is 2. The molecule has 1 saturated heterocycles. The van der Waals surface area contributed by atoms with E-state index in [4.69, 9.17) is 21.6 Å². The minimum atomic E-state index is -0.134. The van der Waals surface area contributed by atoms with Crippen LogP contribution in [0.1, 0.15) is 30.1 Å². The molecule has 6 aromatic rings. The zero-order valence-corrected chi connectivity index (χ0v) is 23.6. The number of fused-ring (bicyclic) bond motifs is 1. The van der Waals surface area contributed by atoms with Crippen molar-refractivity contribution >= 4 is 22.5 Å². The lowest BCUT2D eigenvalue weighted by atomic mass is 9.95. The Hall–Kier alpha value is -4.66. The molecule has 208 valence electrons. The highest BCUT2D eigenvalue weighted by Crippen LogP contribution is 2.33. The molecule has 1 aliphatic heterocycles. The van der Waals surface area contributed by atoms with Gasteiger partial charge < -0.3 is 4.98 Å². The van der Waals surface area contributed by atoms with Crippen LogP contribution in [0, 0.1) is 0 Å². The van der Waals surface area contributed by atoms with Gasteiger partial charge in [-0.15, -0.1) is 0 Å². The van der Waals surface area contributed by atoms with Crippen LogP contribution in [-0.2, 0) is 6.54 Å². The Morgan fingerprint density at radius 3 is 2.43 bits per heavy atom. The van der Waals surface area contributed by atoms with Gasteiger partial charge in [-0.2, -0.15) is 5.10 Å². The summed E-state index contributed by atoms with van der Waals surface area (Å²) in [6.07, 6.45) is 5.38. The first-order valence-electron chi connectivity index (χ1n) is 14.0. The summed E-state index contributed by atoms with van der Waals surface area (Å²) in [5.41, 5.74) is 6.52. The molecule has 2 N–H and O–H groups in total. The number of benzene rings is 2. The fourth-order valence-corrected chi connectivity index (χ4v) is 5.76. The van der Waals surface area contributed by atoms with Crippen LogP contribution >= 0.6 is 11.6 Å². The second-order valence-electron chi connectivity index (χ2n) is 10.7. The summed E-state index contributed by atoms with van der Waals surface area (Å²) in [7, 11) is 0. The molecule has 0 spiro atoms. The number of hydrogen-bond acceptors (Lipinski definition) is 6. The zero-order chi connectivity index (χ0) is 28.5. The van der Waals surface area contributed by atoms with Gasteiger partial charge >= 0.3 is 0 Å². The molecule has 1 aliphatic rings. The molecule has 0 atom stereocenters. The molecule has 0 aliphatic carbocycles. The Morgan fingerprint density at radius 2 is 1.67 bits per heavy atom. The summed E-state index contributed by atoms with van der Waals surface area (Å²) in [5, 5.41) is 8.58. The van der Waals surface area contributed by atoms with Crippen LogP contribution in [0.5, 0.6) is 0 Å². The van der Waals surface area contributed by atoms with Crippen molar-refractivity contribution in [2.24, 2.45) is 0 Å². The minimum Gasteiger partial charge on any atom is -0.328 e. The van der Waals surface area contributed by atoms with Crippen molar-refractivity contribution in [1.29, 1.82) is 0 Å². The molecule has 0 amide bonds. The van der Waals surface area contributed by atoms with Gasteiger partial charge in [0.2, 0.25) is 0 Å². The van der Waals surface area contributed by atoms with Gasteiger partial charge in [-0.05, 0) is 61.3 Å². The first-order chi connectivity index (χ1) is 20.6. The minimum absolute atomic E-state index is 0.134. The SMILES string of the molecule is O=c1[nH]ccc2nc(-c3ccc(CN4CCC(c5nc(-c6ccc(Cl)nc6)n[nH]5)CC4)cc3)c(-c3ccccc3)cc12. The van der Waals surface area contributed by atoms with Crippen molar-refractivity contribution in [2.75, 3.05) is 13.1 Å². The van der Waals surface area contributed by atoms with Crippen molar-refractivity contribution in [2.45, 2.75) is 25.3 Å². The first kappa shape index (κ1) is 26.3. The maximum Gasteiger partial charge on any atom is 0.257 e. The lowest BCUT2D eigenvalue weighted by Gasteiger charge is -2.31. The van der Waals surface area contributed by atoms with E-state index >= 15 is 0 Å². The Kier molecular flexibility index (Phi) is 7.07. The molecule has 5 heterocycles. The lowest BCUT2D eigenvalue weighted by Crippen LogP contribution is -2.32. The molecule has 0 unspecified atom stereocenters. The summed E-state index contributed by atoms with van der Waals surface area (Å²) in [5.74, 6) is 1.94. The molecule has 7 rings (SSSR count). The summed E-state index contributed by atoms with van der Waals surface area (Å²) in [4.78, 5) is 31.6. The number of H-pyrrole nitrogens is 2. The van der Waals surface area contributed by atoms with Crippen LogP contribution in [0.2, 0.25) is 5.15 Å². The molecular weight excluding hydrogens is 546 g/mol. The molecule has 0 radical (unpaired) electrons. The van der Waals surface area contributed by atoms with Crippen LogP contribution in [-0.4, -0.2) is 48.1 Å². The number of aromatic amines is 2. The van der Waals surface area contributed by atoms with Crippen LogP contribution in [0.15, 0.2) is 96.1 Å². The van der Waals surface area contributed by atoms with Gasteiger partial charge in [-0.3, -0.25) is 14.8 Å². The van der Waals surface area contributed by atoms with Crippen LogP contribution in [0.3, 0.4) is 0 Å². The van der Waals surface area contributed by atoms with E-state index in [0.717, 1.165) is 66.2 Å². The first-order valence-corrected chi connectivity index (χ1v) is 14.4. The molecule has 1 fully saturated rings. The highest BCUT2D eigenvalue weighted by molar-refractivity contribution is 6.29. The van der Waals surface area contributed by atoms with E-state index in [0.29, 0.717) is 27.8 Å². The highest BCUT2D eigenvalue weighted by atomic mass is 35.5. The lowest BCUT2D eigenvalue weighted by molar-refractivity contribution is 0.202. The van der Waals surface area contributed by atoms with Crippen molar-refractivity contribution in [3.8, 4) is 33.8 Å². The van der Waals surface area contributed by atoms with Gasteiger partial charge in [0.05, 0.1) is 16.6 Å². The molecule has 2 aromatic carbocycles. The summed E-state index contributed by atoms with van der Waals surface area (Å²) in [6.45, 7) is 2.87. The second kappa shape index (κ2) is 11.3. The van der Waals surface area contributed by atoms with E-state index in [1.54, 1.807) is 18.5 Å². The largest absolute Gasteiger partial charge is 0.328 e. The molecular formula is C33H28ClN7O. The third kappa shape index (κ3) is 5.34. The van der Waals surface area contributed by atoms with E-state index in [-0.39, 0.29) is 5.56 Å². The van der Waals surface area contributed by atoms with E-state index in [1.165, 1.54) is 5.56 Å². The van der Waals surface area contributed by atoms with E-state index in [9.17, 15) is 4.79 Å². The third-order valence-electron chi connectivity index (χ3n) is 7.93. The Balaban J connectivity index is 1.05. The molecule has 42 heavy (non-hydrogen) atoms. The van der Waals surface area contributed by atoms with E-state index in [1.807, 2.05) is 36.4 Å². The van der Waals surface area contributed by atoms with Gasteiger partial charge in [-0.25, -0.2) is 15.0 Å². The topological polar surface area (TPSA) is 103 Å². The van der Waals surface area contributed by atoms with E-state index < -0.39 is 0 Å². The number of halogens is 1. The highest BCUT2D eigenvalue weighted by Gasteiger charge is 2.24. The molecule has 8 nitrogen and oxygen atoms in total. The molecule has 0 saturated carbocycles. The standard InChI is InChI=1S/C33H28ClN7O/c34-29-11-10-25(19-36-29)32-38-31(39-40-32)24-13-16-41(17-14-24)20-21-6-8-23(9-7-21)30-26(22-4-2-1-3-5-22)18-27-28(37-30)12-15-35-33(27)42/h1-12,15,18-19,24H,13-14,16-17,20H2,(H,35,42)(H,38,39,40). The number of pyridine rings is 3. The fraction of sp³-hybridized carbons (Fsp3) is 0.182. The summed E-state index contributed by atoms with van der Waals surface area (Å²) >= 11 is 5.91. The van der Waals surface area contributed by atoms with Crippen molar-refractivity contribution in [1.82, 2.24) is 35.0 Å². The van der Waals surface area contributed by atoms with Crippen molar-refractivity contribution in [3.05, 3.63) is 118 Å². The summed E-state index contributed by atoms with van der Waals surface area (Å²) in [6, 6.07) is 26.2. The van der Waals surface area contributed by atoms with Gasteiger partial charge in [0.1, 0.15) is 11.0 Å². The predicted octanol–water partition coefficient (Wildman–Crippen LogP) is 6.47. The number of nitrogens with one attached hydrogen (secondary N) is 2. The van der Waals surface area contributed by atoms with Crippen LogP contribution in [0.25, 0.3) is 44.7 Å². The average molecular weight is 574 g/mol. The summed E-state index contributed by atoms with van der Waals surface area (Å²) < 4.78 is 0. The monoisotopic (exact) mass is 573 g/mol. The second-order valence-corrected chi connectivity index (χ2v) is 11.0. The maximum atomic E-state index is 12.5. The smallest absolute Gasteiger partial charge is 0.257 e. The van der Waals surface area contributed by atoms with Crippen LogP contribution < -0.4 is 5.56 Å². The molecule has 9 heteroatoms. The van der Waals surface area contributed by atoms with Gasteiger partial charge in [0, 0.05) is 41.5 Å². The van der Waals surface area contributed by atoms with Crippen LogP contribution in [0.4, 0.5) is 0 Å².